The Bertz CT molecular complexity index is 338. The Morgan fingerprint density at radius 1 is 1.36 bits per heavy atom. The average molecular weight is 202 g/mol. The number of halogens is 1. The Labute approximate surface area is 76.9 Å². The molecule has 1 aromatic carbocycles. The van der Waals surface area contributed by atoms with E-state index >= 15 is 0 Å². The lowest BCUT2D eigenvalue weighted by Crippen LogP contribution is -1.63. The van der Waals surface area contributed by atoms with Gasteiger partial charge in [-0.1, -0.05) is 12.1 Å². The van der Waals surface area contributed by atoms with Gasteiger partial charge in [-0.25, -0.2) is 4.98 Å². The predicted molar refractivity (Wildman–Crippen MR) is 51.3 cm³/mol. The minimum atomic E-state index is 0.910. The lowest BCUT2D eigenvalue weighted by Gasteiger charge is -1.80. The highest BCUT2D eigenvalue weighted by molar-refractivity contribution is 8.22. The highest BCUT2D eigenvalue weighted by Gasteiger charge is 2.00. The smallest absolute Gasteiger partial charge is 0.166 e. The highest BCUT2D eigenvalue weighted by atomic mass is 35.7. The molecule has 0 unspecified atom stereocenters. The van der Waals surface area contributed by atoms with Gasteiger partial charge in [-0.15, -0.1) is 11.3 Å². The minimum absolute atomic E-state index is 0.910. The molecule has 11 heavy (non-hydrogen) atoms. The molecule has 4 heteroatoms. The molecule has 0 bridgehead atoms. The van der Waals surface area contributed by atoms with Crippen molar-refractivity contribution in [2.45, 2.75) is 4.34 Å². The molecule has 0 atom stereocenters. The first kappa shape index (κ1) is 7.40. The lowest BCUT2D eigenvalue weighted by molar-refractivity contribution is 1.31. The summed E-state index contributed by atoms with van der Waals surface area (Å²) in [5, 5.41) is 0. The van der Waals surface area contributed by atoms with E-state index in [1.807, 2.05) is 24.3 Å². The Balaban J connectivity index is 2.69. The number of hydrogen-bond acceptors (Lipinski definition) is 3. The second kappa shape index (κ2) is 3.01. The first-order valence-corrected chi connectivity index (χ1v) is 5.50. The molecule has 2 aromatic rings. The van der Waals surface area contributed by atoms with Gasteiger partial charge in [0.2, 0.25) is 0 Å². The van der Waals surface area contributed by atoms with Crippen molar-refractivity contribution in [2.24, 2.45) is 0 Å². The Hall–Kier alpha value is -0.250. The van der Waals surface area contributed by atoms with Gasteiger partial charge in [-0.2, -0.15) is 0 Å². The van der Waals surface area contributed by atoms with E-state index in [0.717, 1.165) is 9.86 Å². The van der Waals surface area contributed by atoms with Gasteiger partial charge in [0.25, 0.3) is 0 Å². The van der Waals surface area contributed by atoms with Crippen molar-refractivity contribution < 1.29 is 0 Å². The third-order valence-corrected chi connectivity index (χ3v) is 3.61. The molecule has 2 rings (SSSR count). The summed E-state index contributed by atoms with van der Waals surface area (Å²) >= 11 is 1.62. The Kier molecular flexibility index (Phi) is 2.02. The van der Waals surface area contributed by atoms with Gasteiger partial charge in [-0.3, -0.25) is 0 Å². The van der Waals surface area contributed by atoms with Gasteiger partial charge in [0.1, 0.15) is 0 Å². The fraction of sp³-hybridized carbons (Fsp3) is 0. The van der Waals surface area contributed by atoms with Crippen molar-refractivity contribution in [1.29, 1.82) is 0 Å². The molecular formula is C7H4ClNS2. The topological polar surface area (TPSA) is 12.9 Å². The van der Waals surface area contributed by atoms with Crippen LogP contribution in [0, 0.1) is 0 Å². The summed E-state index contributed by atoms with van der Waals surface area (Å²) in [4.78, 5) is 4.28. The molecule has 0 aliphatic heterocycles. The molecule has 0 amide bonds. The minimum Gasteiger partial charge on any atom is -0.228 e. The number of para-hydroxylation sites is 1. The van der Waals surface area contributed by atoms with Crippen LogP contribution in [0.5, 0.6) is 0 Å². The zero-order chi connectivity index (χ0) is 7.68. The number of nitrogens with zero attached hydrogens (tertiary/aromatic N) is 1. The van der Waals surface area contributed by atoms with E-state index in [-0.39, 0.29) is 0 Å². The van der Waals surface area contributed by atoms with Gasteiger partial charge in [-0.05, 0) is 22.8 Å². The molecular weight excluding hydrogens is 198 g/mol. The van der Waals surface area contributed by atoms with E-state index in [1.165, 1.54) is 15.7 Å². The van der Waals surface area contributed by atoms with Gasteiger partial charge in [0, 0.05) is 11.0 Å². The normalized spacial score (nSPS) is 10.6. The van der Waals surface area contributed by atoms with Crippen molar-refractivity contribution in [1.82, 2.24) is 4.98 Å². The summed E-state index contributed by atoms with van der Waals surface area (Å²) in [6.07, 6.45) is 0. The Morgan fingerprint density at radius 3 is 2.91 bits per heavy atom. The summed E-state index contributed by atoms with van der Waals surface area (Å²) in [7, 11) is 6.74. The Morgan fingerprint density at radius 2 is 2.18 bits per heavy atom. The second-order valence-electron chi connectivity index (χ2n) is 2.02. The molecule has 1 heterocycles. The van der Waals surface area contributed by atoms with Gasteiger partial charge < -0.3 is 0 Å². The maximum Gasteiger partial charge on any atom is 0.166 e. The summed E-state index contributed by atoms with van der Waals surface area (Å²) in [6, 6.07) is 8.01. The van der Waals surface area contributed by atoms with E-state index in [1.54, 1.807) is 11.3 Å². The number of thiazole rings is 1. The average Bonchev–Trinajstić information content (AvgIpc) is 2.46. The van der Waals surface area contributed by atoms with Crippen LogP contribution >= 0.6 is 33.0 Å². The summed E-state index contributed by atoms with van der Waals surface area (Å²) < 4.78 is 2.10. The number of fused-ring (bicyclic) bond motifs is 1. The zero-order valence-corrected chi connectivity index (χ0v) is 7.84. The third kappa shape index (κ3) is 1.36. The third-order valence-electron chi connectivity index (χ3n) is 1.34. The molecule has 0 saturated heterocycles. The molecule has 56 valence electrons. The molecule has 0 aliphatic rings. The maximum absolute atomic E-state index is 5.56. The van der Waals surface area contributed by atoms with Crippen molar-refractivity contribution in [3.63, 3.8) is 0 Å². The molecule has 1 aromatic heterocycles. The summed E-state index contributed by atoms with van der Waals surface area (Å²) in [5.41, 5.74) is 1.03. The fourth-order valence-electron chi connectivity index (χ4n) is 0.884. The molecule has 0 radical (unpaired) electrons. The van der Waals surface area contributed by atoms with Crippen LogP contribution in [-0.2, 0) is 0 Å². The molecule has 0 spiro atoms. The first-order valence-electron chi connectivity index (χ1n) is 3.04. The van der Waals surface area contributed by atoms with Gasteiger partial charge in [0.05, 0.1) is 10.2 Å². The van der Waals surface area contributed by atoms with E-state index in [4.69, 9.17) is 10.7 Å². The van der Waals surface area contributed by atoms with Crippen molar-refractivity contribution in [2.75, 3.05) is 0 Å². The van der Waals surface area contributed by atoms with Crippen LogP contribution in [0.3, 0.4) is 0 Å². The van der Waals surface area contributed by atoms with Crippen molar-refractivity contribution >= 4 is 43.2 Å². The van der Waals surface area contributed by atoms with Crippen molar-refractivity contribution in [3.8, 4) is 0 Å². The number of hydrogen-bond donors (Lipinski definition) is 0. The van der Waals surface area contributed by atoms with E-state index in [2.05, 4.69) is 4.98 Å². The van der Waals surface area contributed by atoms with Crippen molar-refractivity contribution in [3.05, 3.63) is 24.3 Å². The SMILES string of the molecule is ClSc1nc2ccccc2s1. The van der Waals surface area contributed by atoms with Crippen LogP contribution in [0.25, 0.3) is 10.2 Å². The van der Waals surface area contributed by atoms with Crippen LogP contribution < -0.4 is 0 Å². The van der Waals surface area contributed by atoms with E-state index < -0.39 is 0 Å². The first-order chi connectivity index (χ1) is 5.40. The molecule has 0 fully saturated rings. The molecule has 0 saturated carbocycles. The van der Waals surface area contributed by atoms with E-state index in [0.29, 0.717) is 0 Å². The summed E-state index contributed by atoms with van der Waals surface area (Å²) in [5.74, 6) is 0. The standard InChI is InChI=1S/C7H4ClNS2/c8-11-7-9-5-3-1-2-4-6(5)10-7/h1-4H. The second-order valence-corrected chi connectivity index (χ2v) is 4.32. The van der Waals surface area contributed by atoms with Crippen LogP contribution in [-0.4, -0.2) is 4.98 Å². The lowest BCUT2D eigenvalue weighted by atomic mass is 10.3. The summed E-state index contributed by atoms with van der Waals surface area (Å²) in [6.45, 7) is 0. The quantitative estimate of drug-likeness (QED) is 0.700. The number of aromatic nitrogens is 1. The van der Waals surface area contributed by atoms with Crippen LogP contribution in [0.1, 0.15) is 0 Å². The fourth-order valence-corrected chi connectivity index (χ4v) is 2.50. The van der Waals surface area contributed by atoms with Crippen LogP contribution in [0.2, 0.25) is 0 Å². The number of benzene rings is 1. The van der Waals surface area contributed by atoms with E-state index in [9.17, 15) is 0 Å². The van der Waals surface area contributed by atoms with Gasteiger partial charge in [0.15, 0.2) is 4.34 Å². The monoisotopic (exact) mass is 201 g/mol. The molecule has 1 nitrogen and oxygen atoms in total. The largest absolute Gasteiger partial charge is 0.228 e. The maximum atomic E-state index is 5.56. The predicted octanol–water partition coefficient (Wildman–Crippen LogP) is 3.54. The van der Waals surface area contributed by atoms with Crippen LogP contribution in [0.4, 0.5) is 0 Å². The number of rotatable bonds is 1. The van der Waals surface area contributed by atoms with Gasteiger partial charge >= 0.3 is 0 Å². The highest BCUT2D eigenvalue weighted by Crippen LogP contribution is 2.30. The molecule has 0 aliphatic carbocycles. The zero-order valence-electron chi connectivity index (χ0n) is 5.45. The van der Waals surface area contributed by atoms with Crippen LogP contribution in [0.15, 0.2) is 28.6 Å². The molecule has 0 N–H and O–H groups in total.